The molecule has 5 atom stereocenters. The molecule has 160 valence electrons. The van der Waals surface area contributed by atoms with Crippen LogP contribution in [-0.2, 0) is 19.1 Å². The molecule has 0 saturated carbocycles. The summed E-state index contributed by atoms with van der Waals surface area (Å²) < 4.78 is 11.7. The highest BCUT2D eigenvalue weighted by molar-refractivity contribution is 6.23. The number of nitrogens with one attached hydrogen (secondary N) is 1. The van der Waals surface area contributed by atoms with Gasteiger partial charge in [-0.15, -0.1) is 0 Å². The Morgan fingerprint density at radius 1 is 1.42 bits per heavy atom. The van der Waals surface area contributed by atoms with Gasteiger partial charge in [0.25, 0.3) is 0 Å². The minimum absolute atomic E-state index is 0.0225. The molecule has 1 unspecified atom stereocenters. The van der Waals surface area contributed by atoms with Crippen molar-refractivity contribution < 1.29 is 23.9 Å². The van der Waals surface area contributed by atoms with Crippen LogP contribution >= 0.6 is 0 Å². The zero-order valence-electron chi connectivity index (χ0n) is 17.2. The monoisotopic (exact) mass is 424 g/mol. The van der Waals surface area contributed by atoms with E-state index < -0.39 is 47.0 Å². The van der Waals surface area contributed by atoms with Gasteiger partial charge in [0.05, 0.1) is 40.4 Å². The number of azide groups is 1. The molecule has 2 bridgehead atoms. The highest BCUT2D eigenvalue weighted by Crippen LogP contribution is 2.61. The molecule has 0 spiro atoms. The van der Waals surface area contributed by atoms with E-state index in [9.17, 15) is 19.6 Å². The van der Waals surface area contributed by atoms with E-state index in [4.69, 9.17) is 15.0 Å². The maximum atomic E-state index is 13.4. The zero-order valence-corrected chi connectivity index (χ0v) is 17.2. The molecule has 3 aliphatic rings. The standard InChI is InChI=1S/C20H20N6O5/c1-4-23-18(29)30-13-8-19(2)14-15(20(13,3)31-19)17(28)26(16(14)27)11-6-5-10(9-21)12(7-11)24-25-22/h5-7,13-15H,4,8H2,1-3H3,(H,23,29)/t13-,14+,15-,19?,20+/m0/s1. The Morgan fingerprint density at radius 3 is 2.77 bits per heavy atom. The molecule has 11 heteroatoms. The van der Waals surface area contributed by atoms with Gasteiger partial charge in [-0.05, 0) is 44.5 Å². The largest absolute Gasteiger partial charge is 0.443 e. The fourth-order valence-corrected chi connectivity index (χ4v) is 5.11. The lowest BCUT2D eigenvalue weighted by molar-refractivity contribution is -0.132. The fourth-order valence-electron chi connectivity index (χ4n) is 5.11. The van der Waals surface area contributed by atoms with Gasteiger partial charge >= 0.3 is 6.09 Å². The molecule has 4 rings (SSSR count). The minimum Gasteiger partial charge on any atom is -0.443 e. The zero-order chi connectivity index (χ0) is 22.6. The summed E-state index contributed by atoms with van der Waals surface area (Å²) in [6.45, 7) is 5.59. The van der Waals surface area contributed by atoms with E-state index in [-0.39, 0.29) is 23.4 Å². The van der Waals surface area contributed by atoms with E-state index in [1.54, 1.807) is 20.8 Å². The first kappa shape index (κ1) is 20.7. The van der Waals surface area contributed by atoms with Crippen molar-refractivity contribution in [3.8, 4) is 6.07 Å². The lowest BCUT2D eigenvalue weighted by Crippen LogP contribution is -2.51. The Labute approximate surface area is 177 Å². The van der Waals surface area contributed by atoms with E-state index in [0.717, 1.165) is 4.90 Å². The first-order valence-electron chi connectivity index (χ1n) is 9.82. The number of nitrogens with zero attached hydrogens (tertiary/aromatic N) is 5. The maximum Gasteiger partial charge on any atom is 0.407 e. The van der Waals surface area contributed by atoms with Gasteiger partial charge in [0.1, 0.15) is 11.7 Å². The van der Waals surface area contributed by atoms with E-state index in [2.05, 4.69) is 15.3 Å². The van der Waals surface area contributed by atoms with Crippen molar-refractivity contribution in [2.75, 3.05) is 11.4 Å². The second-order valence-electron chi connectivity index (χ2n) is 8.20. The number of carbonyl (C=O) groups is 3. The summed E-state index contributed by atoms with van der Waals surface area (Å²) in [5, 5.41) is 15.2. The number of amides is 3. The highest BCUT2D eigenvalue weighted by Gasteiger charge is 2.76. The molecule has 0 aliphatic carbocycles. The van der Waals surface area contributed by atoms with Crippen LogP contribution in [0.15, 0.2) is 23.3 Å². The fraction of sp³-hybridized carbons (Fsp3) is 0.500. The molecule has 3 fully saturated rings. The number of hydrogen-bond acceptors (Lipinski definition) is 7. The maximum absolute atomic E-state index is 13.4. The van der Waals surface area contributed by atoms with Gasteiger partial charge in [0, 0.05) is 17.9 Å². The molecule has 3 saturated heterocycles. The van der Waals surface area contributed by atoms with Crippen LogP contribution in [0.1, 0.15) is 32.8 Å². The molecule has 0 radical (unpaired) electrons. The molecule has 0 aromatic heterocycles. The average Bonchev–Trinajstić information content (AvgIpc) is 3.23. The summed E-state index contributed by atoms with van der Waals surface area (Å²) in [7, 11) is 0. The number of benzene rings is 1. The molecule has 3 amide bonds. The number of anilines is 1. The van der Waals surface area contributed by atoms with E-state index >= 15 is 0 Å². The van der Waals surface area contributed by atoms with Crippen molar-refractivity contribution in [3.05, 3.63) is 34.2 Å². The number of carbonyl (C=O) groups excluding carboxylic acids is 3. The minimum atomic E-state index is -1.16. The summed E-state index contributed by atoms with van der Waals surface area (Å²) in [6, 6.07) is 6.09. The molecule has 3 heterocycles. The van der Waals surface area contributed by atoms with Gasteiger partial charge < -0.3 is 14.8 Å². The number of ether oxygens (including phenoxy) is 2. The average molecular weight is 424 g/mol. The first-order chi connectivity index (χ1) is 14.7. The third-order valence-electron chi connectivity index (χ3n) is 6.35. The number of fused-ring (bicyclic) bond motifs is 5. The molecule has 1 aromatic carbocycles. The Hall–Kier alpha value is -3.61. The summed E-state index contributed by atoms with van der Waals surface area (Å²) in [6.07, 6.45) is -1.02. The van der Waals surface area contributed by atoms with Crippen LogP contribution in [0.3, 0.4) is 0 Å². The molecule has 11 nitrogen and oxygen atoms in total. The van der Waals surface area contributed by atoms with Crippen molar-refractivity contribution in [2.24, 2.45) is 17.0 Å². The van der Waals surface area contributed by atoms with Crippen molar-refractivity contribution in [1.82, 2.24) is 5.32 Å². The second kappa shape index (κ2) is 6.97. The van der Waals surface area contributed by atoms with Crippen LogP contribution in [0.2, 0.25) is 0 Å². The molecule has 31 heavy (non-hydrogen) atoms. The predicted molar refractivity (Wildman–Crippen MR) is 106 cm³/mol. The van der Waals surface area contributed by atoms with Gasteiger partial charge in [-0.25, -0.2) is 9.69 Å². The normalized spacial score (nSPS) is 33.0. The van der Waals surface area contributed by atoms with E-state index in [1.807, 2.05) is 6.07 Å². The van der Waals surface area contributed by atoms with Gasteiger partial charge in [0.2, 0.25) is 11.8 Å². The summed E-state index contributed by atoms with van der Waals surface area (Å²) in [5.74, 6) is -2.49. The van der Waals surface area contributed by atoms with Gasteiger partial charge in [-0.3, -0.25) is 9.59 Å². The summed E-state index contributed by atoms with van der Waals surface area (Å²) >= 11 is 0. The van der Waals surface area contributed by atoms with E-state index in [1.165, 1.54) is 18.2 Å². The number of nitriles is 1. The Balaban J connectivity index is 1.71. The lowest BCUT2D eigenvalue weighted by atomic mass is 9.67. The smallest absolute Gasteiger partial charge is 0.407 e. The highest BCUT2D eigenvalue weighted by atomic mass is 16.6. The summed E-state index contributed by atoms with van der Waals surface area (Å²) in [5.41, 5.74) is 6.97. The Bertz CT molecular complexity index is 1090. The first-order valence-corrected chi connectivity index (χ1v) is 9.82. The van der Waals surface area contributed by atoms with Crippen LogP contribution in [0, 0.1) is 23.2 Å². The topological polar surface area (TPSA) is 157 Å². The van der Waals surface area contributed by atoms with Crippen molar-refractivity contribution in [1.29, 1.82) is 5.26 Å². The molecule has 1 N–H and O–H groups in total. The van der Waals surface area contributed by atoms with Crippen LogP contribution in [0.25, 0.3) is 10.4 Å². The van der Waals surface area contributed by atoms with Crippen molar-refractivity contribution >= 4 is 29.3 Å². The van der Waals surface area contributed by atoms with E-state index in [0.29, 0.717) is 6.54 Å². The number of alkyl carbamates (subject to hydrolysis) is 1. The van der Waals surface area contributed by atoms with Gasteiger partial charge in [-0.1, -0.05) is 5.11 Å². The van der Waals surface area contributed by atoms with Crippen molar-refractivity contribution in [3.63, 3.8) is 0 Å². The van der Waals surface area contributed by atoms with Gasteiger partial charge in [-0.2, -0.15) is 5.26 Å². The molecular formula is C20H20N6O5. The molecule has 3 aliphatic heterocycles. The third-order valence-corrected chi connectivity index (χ3v) is 6.35. The second-order valence-corrected chi connectivity index (χ2v) is 8.20. The quantitative estimate of drug-likeness (QED) is 0.339. The third kappa shape index (κ3) is 2.84. The SMILES string of the molecule is CCNC(=O)O[C@H]1CC2(C)O[C@@]1(C)[C@@H]1C(=O)N(c3ccc(C#N)c(N=[N+]=[N-])c3)C(=O)[C@@H]12. The predicted octanol–water partition coefficient (Wildman–Crippen LogP) is 2.67. The van der Waals surface area contributed by atoms with Crippen LogP contribution in [0.5, 0.6) is 0 Å². The van der Waals surface area contributed by atoms with Crippen LogP contribution in [-0.4, -0.2) is 41.8 Å². The van der Waals surface area contributed by atoms with Gasteiger partial charge in [0.15, 0.2) is 0 Å². The number of rotatable bonds is 4. The molecule has 1 aromatic rings. The van der Waals surface area contributed by atoms with Crippen LogP contribution in [0.4, 0.5) is 16.2 Å². The Morgan fingerprint density at radius 2 is 2.13 bits per heavy atom. The summed E-state index contributed by atoms with van der Waals surface area (Å²) in [4.78, 5) is 42.5. The number of hydrogen-bond donors (Lipinski definition) is 1. The number of imide groups is 1. The lowest BCUT2D eigenvalue weighted by Gasteiger charge is -2.34. The van der Waals surface area contributed by atoms with Crippen molar-refractivity contribution in [2.45, 2.75) is 44.5 Å². The van der Waals surface area contributed by atoms with Crippen LogP contribution < -0.4 is 10.2 Å². The molecular weight excluding hydrogens is 404 g/mol. The Kier molecular flexibility index (Phi) is 4.65.